The van der Waals surface area contributed by atoms with Crippen LogP contribution in [-0.2, 0) is 0 Å². The van der Waals surface area contributed by atoms with Crippen molar-refractivity contribution in [1.29, 1.82) is 5.26 Å². The zero-order valence-electron chi connectivity index (χ0n) is 16.2. The van der Waals surface area contributed by atoms with Crippen LogP contribution < -0.4 is 10.6 Å². The number of piperidine rings is 1. The van der Waals surface area contributed by atoms with E-state index < -0.39 is 0 Å². The van der Waals surface area contributed by atoms with Gasteiger partial charge in [0.1, 0.15) is 6.07 Å². The number of nitrogens with one attached hydrogen (secondary N) is 2. The Kier molecular flexibility index (Phi) is 5.69. The summed E-state index contributed by atoms with van der Waals surface area (Å²) in [6.07, 6.45) is 2.17. The van der Waals surface area contributed by atoms with Crippen molar-refractivity contribution in [1.82, 2.24) is 5.32 Å². The number of benzene rings is 3. The predicted molar refractivity (Wildman–Crippen MR) is 116 cm³/mol. The Morgan fingerprint density at radius 2 is 1.72 bits per heavy atom. The van der Waals surface area contributed by atoms with E-state index in [1.807, 2.05) is 60.7 Å². The summed E-state index contributed by atoms with van der Waals surface area (Å²) in [4.78, 5) is 12.9. The third-order valence-corrected chi connectivity index (χ3v) is 5.45. The summed E-state index contributed by atoms with van der Waals surface area (Å²) in [5, 5.41) is 15.8. The van der Waals surface area contributed by atoms with E-state index in [9.17, 15) is 10.1 Å². The Morgan fingerprint density at radius 1 is 0.931 bits per heavy atom. The Morgan fingerprint density at radius 3 is 2.48 bits per heavy atom. The molecule has 29 heavy (non-hydrogen) atoms. The van der Waals surface area contributed by atoms with Gasteiger partial charge in [-0.1, -0.05) is 48.5 Å². The topological polar surface area (TPSA) is 64.9 Å². The third-order valence-electron chi connectivity index (χ3n) is 5.45. The summed E-state index contributed by atoms with van der Waals surface area (Å²) in [6.45, 7) is 2.03. The maximum absolute atomic E-state index is 12.9. The molecule has 4 nitrogen and oxygen atoms in total. The van der Waals surface area contributed by atoms with E-state index in [0.717, 1.165) is 37.1 Å². The molecule has 0 radical (unpaired) electrons. The summed E-state index contributed by atoms with van der Waals surface area (Å²) >= 11 is 0. The molecule has 0 unspecified atom stereocenters. The Balaban J connectivity index is 1.59. The number of nitrogens with zero attached hydrogens (tertiary/aromatic N) is 1. The molecular weight excluding hydrogens is 358 g/mol. The second-order valence-electron chi connectivity index (χ2n) is 7.34. The van der Waals surface area contributed by atoms with Crippen LogP contribution in [0.25, 0.3) is 11.1 Å². The first-order valence-electron chi connectivity index (χ1n) is 9.96. The van der Waals surface area contributed by atoms with Gasteiger partial charge in [0.15, 0.2) is 0 Å². The van der Waals surface area contributed by atoms with Crippen molar-refractivity contribution in [2.45, 2.75) is 18.8 Å². The van der Waals surface area contributed by atoms with Crippen molar-refractivity contribution in [2.24, 2.45) is 0 Å². The number of anilines is 1. The SMILES string of the molecule is N#Cc1ccc(-c2ccccc2)cc1NC(=O)c1cccc(C2CCNCC2)c1. The lowest BCUT2D eigenvalue weighted by atomic mass is 9.89. The molecule has 0 bridgehead atoms. The van der Waals surface area contributed by atoms with E-state index in [0.29, 0.717) is 22.7 Å². The summed E-state index contributed by atoms with van der Waals surface area (Å²) < 4.78 is 0. The van der Waals surface area contributed by atoms with Gasteiger partial charge in [0.25, 0.3) is 5.91 Å². The van der Waals surface area contributed by atoms with Crippen LogP contribution in [0, 0.1) is 11.3 Å². The quantitative estimate of drug-likeness (QED) is 0.672. The molecule has 3 aromatic rings. The molecule has 0 atom stereocenters. The minimum atomic E-state index is -0.192. The van der Waals surface area contributed by atoms with Gasteiger partial charge in [0, 0.05) is 5.56 Å². The molecule has 1 heterocycles. The van der Waals surface area contributed by atoms with Crippen LogP contribution in [0.5, 0.6) is 0 Å². The van der Waals surface area contributed by atoms with Crippen molar-refractivity contribution in [3.63, 3.8) is 0 Å². The van der Waals surface area contributed by atoms with Crippen LogP contribution in [0.4, 0.5) is 5.69 Å². The number of amides is 1. The molecule has 3 aromatic carbocycles. The Bertz CT molecular complexity index is 1050. The fourth-order valence-electron chi connectivity index (χ4n) is 3.84. The van der Waals surface area contributed by atoms with E-state index in [-0.39, 0.29) is 5.91 Å². The first-order chi connectivity index (χ1) is 14.2. The van der Waals surface area contributed by atoms with Gasteiger partial charge >= 0.3 is 0 Å². The van der Waals surface area contributed by atoms with Gasteiger partial charge in [-0.05, 0) is 72.8 Å². The second kappa shape index (κ2) is 8.72. The zero-order chi connectivity index (χ0) is 20.1. The smallest absolute Gasteiger partial charge is 0.255 e. The monoisotopic (exact) mass is 381 g/mol. The lowest BCUT2D eigenvalue weighted by Crippen LogP contribution is -2.26. The predicted octanol–water partition coefficient (Wildman–Crippen LogP) is 4.94. The molecule has 0 aliphatic carbocycles. The van der Waals surface area contributed by atoms with E-state index in [2.05, 4.69) is 22.8 Å². The van der Waals surface area contributed by atoms with E-state index in [1.165, 1.54) is 5.56 Å². The molecule has 1 fully saturated rings. The van der Waals surface area contributed by atoms with Crippen molar-refractivity contribution in [3.05, 3.63) is 89.5 Å². The molecule has 1 aliphatic rings. The second-order valence-corrected chi connectivity index (χ2v) is 7.34. The van der Waals surface area contributed by atoms with Crippen LogP contribution in [0.1, 0.15) is 40.2 Å². The molecule has 0 saturated carbocycles. The van der Waals surface area contributed by atoms with Gasteiger partial charge in [-0.2, -0.15) is 5.26 Å². The zero-order valence-corrected chi connectivity index (χ0v) is 16.2. The molecule has 1 amide bonds. The van der Waals surface area contributed by atoms with Gasteiger partial charge in [-0.25, -0.2) is 0 Å². The van der Waals surface area contributed by atoms with Crippen LogP contribution in [-0.4, -0.2) is 19.0 Å². The highest BCUT2D eigenvalue weighted by Crippen LogP contribution is 2.28. The number of carbonyl (C=O) groups is 1. The van der Waals surface area contributed by atoms with E-state index >= 15 is 0 Å². The lowest BCUT2D eigenvalue weighted by molar-refractivity contribution is 0.102. The van der Waals surface area contributed by atoms with Crippen LogP contribution in [0.2, 0.25) is 0 Å². The Labute approximate surface area is 171 Å². The highest BCUT2D eigenvalue weighted by molar-refractivity contribution is 6.05. The minimum Gasteiger partial charge on any atom is -0.321 e. The van der Waals surface area contributed by atoms with Gasteiger partial charge in [-0.3, -0.25) is 4.79 Å². The molecule has 0 aromatic heterocycles. The minimum absolute atomic E-state index is 0.192. The molecule has 4 heteroatoms. The Hall–Kier alpha value is -3.42. The molecule has 4 rings (SSSR count). The summed E-state index contributed by atoms with van der Waals surface area (Å²) in [6, 6.07) is 25.5. The molecule has 1 saturated heterocycles. The summed E-state index contributed by atoms with van der Waals surface area (Å²) in [5.74, 6) is 0.294. The number of hydrogen-bond acceptors (Lipinski definition) is 3. The van der Waals surface area contributed by atoms with Crippen molar-refractivity contribution in [3.8, 4) is 17.2 Å². The largest absolute Gasteiger partial charge is 0.321 e. The highest BCUT2D eigenvalue weighted by Gasteiger charge is 2.17. The van der Waals surface area contributed by atoms with Crippen molar-refractivity contribution < 1.29 is 4.79 Å². The first-order valence-corrected chi connectivity index (χ1v) is 9.96. The molecule has 2 N–H and O–H groups in total. The standard InChI is InChI=1S/C25H23N3O/c26-17-23-10-9-21(18-5-2-1-3-6-18)16-24(23)28-25(29)22-8-4-7-20(15-22)19-11-13-27-14-12-19/h1-10,15-16,19,27H,11-14H2,(H,28,29). The first kappa shape index (κ1) is 18.9. The molecule has 0 spiro atoms. The van der Waals surface area contributed by atoms with Crippen molar-refractivity contribution >= 4 is 11.6 Å². The highest BCUT2D eigenvalue weighted by atomic mass is 16.1. The fraction of sp³-hybridized carbons (Fsp3) is 0.200. The average Bonchev–Trinajstić information content (AvgIpc) is 2.80. The summed E-state index contributed by atoms with van der Waals surface area (Å²) in [7, 11) is 0. The normalized spacial score (nSPS) is 14.2. The maximum Gasteiger partial charge on any atom is 0.255 e. The van der Waals surface area contributed by atoms with Gasteiger partial charge in [-0.15, -0.1) is 0 Å². The van der Waals surface area contributed by atoms with Crippen LogP contribution in [0.3, 0.4) is 0 Å². The number of hydrogen-bond donors (Lipinski definition) is 2. The molecule has 1 aliphatic heterocycles. The van der Waals surface area contributed by atoms with E-state index in [4.69, 9.17) is 0 Å². The molecule has 144 valence electrons. The number of carbonyl (C=O) groups excluding carboxylic acids is 1. The van der Waals surface area contributed by atoms with Gasteiger partial charge < -0.3 is 10.6 Å². The van der Waals surface area contributed by atoms with E-state index in [1.54, 1.807) is 6.07 Å². The maximum atomic E-state index is 12.9. The van der Waals surface area contributed by atoms with Crippen LogP contribution >= 0.6 is 0 Å². The number of nitriles is 1. The van der Waals surface area contributed by atoms with Crippen molar-refractivity contribution in [2.75, 3.05) is 18.4 Å². The third kappa shape index (κ3) is 4.37. The van der Waals surface area contributed by atoms with Gasteiger partial charge in [0.2, 0.25) is 0 Å². The average molecular weight is 381 g/mol. The number of rotatable bonds is 4. The lowest BCUT2D eigenvalue weighted by Gasteiger charge is -2.23. The fourth-order valence-corrected chi connectivity index (χ4v) is 3.84. The molecular formula is C25H23N3O. The van der Waals surface area contributed by atoms with Gasteiger partial charge in [0.05, 0.1) is 11.3 Å². The summed E-state index contributed by atoms with van der Waals surface area (Å²) in [5.41, 5.74) is 4.81. The van der Waals surface area contributed by atoms with Crippen LogP contribution in [0.15, 0.2) is 72.8 Å².